The molecule has 0 heterocycles. The monoisotopic (exact) mass is 152 g/mol. The second kappa shape index (κ2) is 5.70. The van der Waals surface area contributed by atoms with Crippen molar-refractivity contribution in [3.63, 3.8) is 0 Å². The maximum atomic E-state index is 10.8. The van der Waals surface area contributed by atoms with E-state index in [2.05, 4.69) is 16.6 Å². The van der Waals surface area contributed by atoms with E-state index in [-0.39, 0.29) is 5.78 Å². The van der Waals surface area contributed by atoms with Crippen LogP contribution in [0.25, 0.3) is 0 Å². The van der Waals surface area contributed by atoms with Crippen molar-refractivity contribution < 1.29 is 9.53 Å². The molecular formula is C9H12O2. The lowest BCUT2D eigenvalue weighted by atomic mass is 10.2. The van der Waals surface area contributed by atoms with Gasteiger partial charge >= 0.3 is 0 Å². The second-order valence-corrected chi connectivity index (χ2v) is 2.32. The van der Waals surface area contributed by atoms with E-state index in [0.29, 0.717) is 6.61 Å². The van der Waals surface area contributed by atoms with Gasteiger partial charge in [0.15, 0.2) is 0 Å². The summed E-state index contributed by atoms with van der Waals surface area (Å²) in [6.07, 6.45) is 1.50. The summed E-state index contributed by atoms with van der Waals surface area (Å²) in [5.41, 5.74) is 0.960. The van der Waals surface area contributed by atoms with Gasteiger partial charge in [0.05, 0.1) is 0 Å². The number of methoxy groups -OCH3 is 1. The average molecular weight is 152 g/mol. The third-order valence-corrected chi connectivity index (χ3v) is 0.848. The van der Waals surface area contributed by atoms with Gasteiger partial charge in [-0.05, 0) is 25.8 Å². The lowest BCUT2D eigenvalue weighted by molar-refractivity contribution is -0.109. The summed E-state index contributed by atoms with van der Waals surface area (Å²) in [6.45, 7) is 4.02. The zero-order valence-corrected chi connectivity index (χ0v) is 7.10. The quantitative estimate of drug-likeness (QED) is 0.337. The minimum atomic E-state index is -0.165. The van der Waals surface area contributed by atoms with Crippen LogP contribution in [0.4, 0.5) is 0 Å². The van der Waals surface area contributed by atoms with Crippen molar-refractivity contribution >= 4 is 5.78 Å². The number of carbonyl (C=O) groups excluding carboxylic acids is 1. The van der Waals surface area contributed by atoms with Crippen molar-refractivity contribution in [1.82, 2.24) is 0 Å². The lowest BCUT2D eigenvalue weighted by Crippen LogP contribution is -1.89. The summed E-state index contributed by atoms with van der Waals surface area (Å²) in [7, 11) is 1.54. The lowest BCUT2D eigenvalue weighted by Gasteiger charge is -1.83. The van der Waals surface area contributed by atoms with Gasteiger partial charge in [0, 0.05) is 7.11 Å². The molecule has 0 amide bonds. The van der Waals surface area contributed by atoms with E-state index in [0.717, 1.165) is 5.57 Å². The summed E-state index contributed by atoms with van der Waals surface area (Å²) in [5, 5.41) is 0. The van der Waals surface area contributed by atoms with Gasteiger partial charge in [-0.1, -0.05) is 11.5 Å². The molecule has 0 saturated carbocycles. The Morgan fingerprint density at radius 1 is 1.55 bits per heavy atom. The van der Waals surface area contributed by atoms with E-state index < -0.39 is 0 Å². The van der Waals surface area contributed by atoms with Gasteiger partial charge in [-0.15, -0.1) is 0 Å². The number of allylic oxidation sites excluding steroid dienone is 2. The van der Waals surface area contributed by atoms with Crippen molar-refractivity contribution in [2.24, 2.45) is 0 Å². The molecule has 0 N–H and O–H groups in total. The summed E-state index contributed by atoms with van der Waals surface area (Å²) in [6, 6.07) is 0. The van der Waals surface area contributed by atoms with Crippen LogP contribution in [0.1, 0.15) is 13.8 Å². The third kappa shape index (κ3) is 6.82. The largest absolute Gasteiger partial charge is 0.372 e. The molecule has 0 fully saturated rings. The summed E-state index contributed by atoms with van der Waals surface area (Å²) in [5.74, 6) is 4.83. The highest BCUT2D eigenvalue weighted by molar-refractivity contribution is 6.04. The van der Waals surface area contributed by atoms with Gasteiger partial charge in [-0.2, -0.15) is 0 Å². The van der Waals surface area contributed by atoms with Crippen LogP contribution in [0.2, 0.25) is 0 Å². The molecule has 0 atom stereocenters. The molecule has 2 heteroatoms. The minimum Gasteiger partial charge on any atom is -0.372 e. The first-order valence-electron chi connectivity index (χ1n) is 3.33. The van der Waals surface area contributed by atoms with Crippen LogP contribution in [-0.4, -0.2) is 19.5 Å². The molecular weight excluding hydrogens is 140 g/mol. The Labute approximate surface area is 67.2 Å². The number of hydrogen-bond donors (Lipinski definition) is 0. The Morgan fingerprint density at radius 3 is 2.64 bits per heavy atom. The van der Waals surface area contributed by atoms with Crippen LogP contribution in [0.5, 0.6) is 0 Å². The van der Waals surface area contributed by atoms with Gasteiger partial charge in [-0.25, -0.2) is 0 Å². The molecule has 0 saturated heterocycles. The SMILES string of the molecule is COCC#CC(=O)C=C(C)C. The first-order valence-corrected chi connectivity index (χ1v) is 3.33. The van der Waals surface area contributed by atoms with Crippen molar-refractivity contribution in [3.8, 4) is 11.8 Å². The Morgan fingerprint density at radius 2 is 2.18 bits per heavy atom. The van der Waals surface area contributed by atoms with E-state index in [4.69, 9.17) is 0 Å². The van der Waals surface area contributed by atoms with Gasteiger partial charge in [0.1, 0.15) is 6.61 Å². The topological polar surface area (TPSA) is 26.3 Å². The second-order valence-electron chi connectivity index (χ2n) is 2.32. The number of carbonyl (C=O) groups is 1. The summed E-state index contributed by atoms with van der Waals surface area (Å²) < 4.78 is 4.65. The standard InChI is InChI=1S/C9H12O2/c1-8(2)7-9(10)5-4-6-11-3/h7H,6H2,1-3H3. The zero-order chi connectivity index (χ0) is 8.69. The Kier molecular flexibility index (Phi) is 5.14. The smallest absolute Gasteiger partial charge is 0.228 e. The molecule has 0 spiro atoms. The molecule has 0 aliphatic rings. The van der Waals surface area contributed by atoms with Crippen LogP contribution < -0.4 is 0 Å². The molecule has 0 aromatic carbocycles. The summed E-state index contributed by atoms with van der Waals surface area (Å²) >= 11 is 0. The Hall–Kier alpha value is -1.07. The minimum absolute atomic E-state index is 0.165. The maximum Gasteiger partial charge on any atom is 0.228 e. The van der Waals surface area contributed by atoms with E-state index in [9.17, 15) is 4.79 Å². The molecule has 0 radical (unpaired) electrons. The molecule has 0 aromatic heterocycles. The number of rotatable bonds is 2. The first kappa shape index (κ1) is 9.93. The number of ether oxygens (including phenoxy) is 1. The molecule has 2 nitrogen and oxygen atoms in total. The third-order valence-electron chi connectivity index (χ3n) is 0.848. The Balaban J connectivity index is 3.91. The highest BCUT2D eigenvalue weighted by atomic mass is 16.5. The molecule has 0 aliphatic carbocycles. The number of ketones is 1. The fourth-order valence-electron chi connectivity index (χ4n) is 0.494. The fourth-order valence-corrected chi connectivity index (χ4v) is 0.494. The van der Waals surface area contributed by atoms with Crippen LogP contribution in [-0.2, 0) is 9.53 Å². The predicted molar refractivity (Wildman–Crippen MR) is 44.1 cm³/mol. The van der Waals surface area contributed by atoms with E-state index >= 15 is 0 Å². The van der Waals surface area contributed by atoms with Gasteiger partial charge < -0.3 is 4.74 Å². The molecule has 11 heavy (non-hydrogen) atoms. The van der Waals surface area contributed by atoms with Crippen LogP contribution in [0.15, 0.2) is 11.6 Å². The van der Waals surface area contributed by atoms with Crippen molar-refractivity contribution in [2.45, 2.75) is 13.8 Å². The van der Waals surface area contributed by atoms with Gasteiger partial charge in [0.2, 0.25) is 5.78 Å². The van der Waals surface area contributed by atoms with Crippen LogP contribution in [0, 0.1) is 11.8 Å². The van der Waals surface area contributed by atoms with E-state index in [1.165, 1.54) is 6.08 Å². The first-order chi connectivity index (χ1) is 5.16. The van der Waals surface area contributed by atoms with Crippen molar-refractivity contribution in [1.29, 1.82) is 0 Å². The molecule has 0 unspecified atom stereocenters. The van der Waals surface area contributed by atoms with Crippen molar-refractivity contribution in [3.05, 3.63) is 11.6 Å². The van der Waals surface area contributed by atoms with Crippen LogP contribution >= 0.6 is 0 Å². The fraction of sp³-hybridized carbons (Fsp3) is 0.444. The summed E-state index contributed by atoms with van der Waals surface area (Å²) in [4.78, 5) is 10.8. The normalized spacial score (nSPS) is 7.91. The zero-order valence-electron chi connectivity index (χ0n) is 7.10. The highest BCUT2D eigenvalue weighted by Crippen LogP contribution is 1.87. The van der Waals surface area contributed by atoms with E-state index in [1.54, 1.807) is 7.11 Å². The Bertz CT molecular complexity index is 211. The average Bonchev–Trinajstić information content (AvgIpc) is 1.86. The molecule has 60 valence electrons. The van der Waals surface area contributed by atoms with Gasteiger partial charge in [-0.3, -0.25) is 4.79 Å². The van der Waals surface area contributed by atoms with Gasteiger partial charge in [0.25, 0.3) is 0 Å². The predicted octanol–water partition coefficient (Wildman–Crippen LogP) is 1.17. The molecule has 0 aliphatic heterocycles. The maximum absolute atomic E-state index is 10.8. The number of hydrogen-bond acceptors (Lipinski definition) is 2. The highest BCUT2D eigenvalue weighted by Gasteiger charge is 1.87. The van der Waals surface area contributed by atoms with Crippen LogP contribution in [0.3, 0.4) is 0 Å². The molecule has 0 rings (SSSR count). The van der Waals surface area contributed by atoms with E-state index in [1.807, 2.05) is 13.8 Å². The molecule has 0 aromatic rings. The molecule has 0 bridgehead atoms. The van der Waals surface area contributed by atoms with Crippen molar-refractivity contribution in [2.75, 3.05) is 13.7 Å².